The SMILES string of the molecule is Cc1nc(OC2CC(C)C2)cc(-c2cnc(N)nc2)n1. The molecule has 6 nitrogen and oxygen atoms in total. The van der Waals surface area contributed by atoms with Crippen molar-refractivity contribution in [3.8, 4) is 17.1 Å². The maximum atomic E-state index is 5.87. The number of anilines is 1. The van der Waals surface area contributed by atoms with E-state index in [-0.39, 0.29) is 12.1 Å². The molecule has 2 aromatic rings. The number of nitrogens with zero attached hydrogens (tertiary/aromatic N) is 4. The van der Waals surface area contributed by atoms with Gasteiger partial charge in [0, 0.05) is 24.0 Å². The maximum Gasteiger partial charge on any atom is 0.219 e. The van der Waals surface area contributed by atoms with Crippen LogP contribution in [-0.4, -0.2) is 26.0 Å². The highest BCUT2D eigenvalue weighted by Gasteiger charge is 2.27. The summed E-state index contributed by atoms with van der Waals surface area (Å²) in [7, 11) is 0. The Balaban J connectivity index is 1.84. The molecule has 1 saturated carbocycles. The quantitative estimate of drug-likeness (QED) is 0.918. The summed E-state index contributed by atoms with van der Waals surface area (Å²) < 4.78 is 5.87. The Labute approximate surface area is 117 Å². The highest BCUT2D eigenvalue weighted by Crippen LogP contribution is 2.31. The molecule has 1 aliphatic rings. The van der Waals surface area contributed by atoms with Gasteiger partial charge in [-0.3, -0.25) is 0 Å². The van der Waals surface area contributed by atoms with Crippen molar-refractivity contribution in [2.24, 2.45) is 5.92 Å². The van der Waals surface area contributed by atoms with E-state index in [2.05, 4.69) is 26.9 Å². The van der Waals surface area contributed by atoms with Gasteiger partial charge in [0.1, 0.15) is 11.9 Å². The van der Waals surface area contributed by atoms with E-state index in [0.29, 0.717) is 11.7 Å². The molecule has 6 heteroatoms. The molecule has 0 aromatic carbocycles. The number of hydrogen-bond donors (Lipinski definition) is 1. The number of rotatable bonds is 3. The molecule has 1 aliphatic carbocycles. The van der Waals surface area contributed by atoms with E-state index in [4.69, 9.17) is 10.5 Å². The lowest BCUT2D eigenvalue weighted by atomic mass is 9.84. The van der Waals surface area contributed by atoms with Gasteiger partial charge in [-0.25, -0.2) is 15.0 Å². The molecule has 2 N–H and O–H groups in total. The molecular formula is C14H17N5O. The minimum absolute atomic E-state index is 0.249. The molecule has 0 amide bonds. The number of nitrogen functional groups attached to an aromatic ring is 1. The van der Waals surface area contributed by atoms with Crippen LogP contribution in [0.1, 0.15) is 25.6 Å². The van der Waals surface area contributed by atoms with E-state index in [9.17, 15) is 0 Å². The van der Waals surface area contributed by atoms with Crippen LogP contribution in [0.5, 0.6) is 5.88 Å². The fourth-order valence-corrected chi connectivity index (χ4v) is 2.31. The summed E-state index contributed by atoms with van der Waals surface area (Å²) in [5.41, 5.74) is 7.04. The second kappa shape index (κ2) is 5.03. The molecule has 0 radical (unpaired) electrons. The normalized spacial score (nSPS) is 21.3. The summed E-state index contributed by atoms with van der Waals surface area (Å²) in [5.74, 6) is 2.27. The van der Waals surface area contributed by atoms with Crippen molar-refractivity contribution in [1.82, 2.24) is 19.9 Å². The van der Waals surface area contributed by atoms with Gasteiger partial charge in [0.25, 0.3) is 0 Å². The van der Waals surface area contributed by atoms with Crippen LogP contribution < -0.4 is 10.5 Å². The largest absolute Gasteiger partial charge is 0.474 e. The Kier molecular flexibility index (Phi) is 3.22. The summed E-state index contributed by atoms with van der Waals surface area (Å²) in [6.45, 7) is 4.07. The monoisotopic (exact) mass is 271 g/mol. The van der Waals surface area contributed by atoms with Crippen LogP contribution >= 0.6 is 0 Å². The van der Waals surface area contributed by atoms with E-state index in [1.54, 1.807) is 12.4 Å². The molecule has 2 aromatic heterocycles. The minimum Gasteiger partial charge on any atom is -0.474 e. The van der Waals surface area contributed by atoms with Gasteiger partial charge < -0.3 is 10.5 Å². The zero-order valence-corrected chi connectivity index (χ0v) is 11.6. The first-order valence-electron chi connectivity index (χ1n) is 6.70. The van der Waals surface area contributed by atoms with Crippen LogP contribution in [0.3, 0.4) is 0 Å². The minimum atomic E-state index is 0.249. The molecule has 3 rings (SSSR count). The van der Waals surface area contributed by atoms with Gasteiger partial charge in [-0.05, 0) is 25.7 Å². The van der Waals surface area contributed by atoms with Crippen molar-refractivity contribution >= 4 is 5.95 Å². The van der Waals surface area contributed by atoms with E-state index >= 15 is 0 Å². The highest BCUT2D eigenvalue weighted by molar-refractivity contribution is 5.58. The molecule has 0 aliphatic heterocycles. The topological polar surface area (TPSA) is 86.8 Å². The van der Waals surface area contributed by atoms with Gasteiger partial charge in [-0.2, -0.15) is 4.98 Å². The summed E-state index contributed by atoms with van der Waals surface area (Å²) in [5, 5.41) is 0. The first-order valence-corrected chi connectivity index (χ1v) is 6.70. The van der Waals surface area contributed by atoms with Crippen molar-refractivity contribution in [3.05, 3.63) is 24.3 Å². The second-order valence-electron chi connectivity index (χ2n) is 5.29. The van der Waals surface area contributed by atoms with Crippen molar-refractivity contribution in [2.45, 2.75) is 32.8 Å². The van der Waals surface area contributed by atoms with Gasteiger partial charge in [-0.15, -0.1) is 0 Å². The Morgan fingerprint density at radius 2 is 1.90 bits per heavy atom. The average Bonchev–Trinajstić information content (AvgIpc) is 2.37. The zero-order valence-electron chi connectivity index (χ0n) is 11.6. The Hall–Kier alpha value is -2.24. The lowest BCUT2D eigenvalue weighted by Crippen LogP contribution is -2.32. The lowest BCUT2D eigenvalue weighted by Gasteiger charge is -2.32. The number of ether oxygens (including phenoxy) is 1. The number of aromatic nitrogens is 4. The van der Waals surface area contributed by atoms with Crippen LogP contribution in [-0.2, 0) is 0 Å². The molecule has 1 fully saturated rings. The zero-order chi connectivity index (χ0) is 14.1. The fourth-order valence-electron chi connectivity index (χ4n) is 2.31. The van der Waals surface area contributed by atoms with Crippen molar-refractivity contribution in [2.75, 3.05) is 5.73 Å². The highest BCUT2D eigenvalue weighted by atomic mass is 16.5. The molecule has 2 heterocycles. The van der Waals surface area contributed by atoms with Gasteiger partial charge in [-0.1, -0.05) is 6.92 Å². The Morgan fingerprint density at radius 3 is 2.55 bits per heavy atom. The molecule has 0 unspecified atom stereocenters. The third-order valence-electron chi connectivity index (χ3n) is 3.40. The molecule has 0 spiro atoms. The molecule has 20 heavy (non-hydrogen) atoms. The molecular weight excluding hydrogens is 254 g/mol. The van der Waals surface area contributed by atoms with Gasteiger partial charge in [0.2, 0.25) is 11.8 Å². The molecule has 0 saturated heterocycles. The first kappa shape index (κ1) is 12.8. The van der Waals surface area contributed by atoms with E-state index in [1.165, 1.54) is 0 Å². The van der Waals surface area contributed by atoms with E-state index in [1.807, 2.05) is 13.0 Å². The first-order chi connectivity index (χ1) is 9.60. The third-order valence-corrected chi connectivity index (χ3v) is 3.40. The average molecular weight is 271 g/mol. The van der Waals surface area contributed by atoms with Gasteiger partial charge in [0.15, 0.2) is 0 Å². The Bertz CT molecular complexity index is 607. The smallest absolute Gasteiger partial charge is 0.219 e. The number of nitrogens with two attached hydrogens (primary N) is 1. The van der Waals surface area contributed by atoms with Crippen molar-refractivity contribution < 1.29 is 4.74 Å². The van der Waals surface area contributed by atoms with Crippen molar-refractivity contribution in [1.29, 1.82) is 0 Å². The summed E-state index contributed by atoms with van der Waals surface area (Å²) in [4.78, 5) is 16.7. The number of aryl methyl sites for hydroxylation is 1. The van der Waals surface area contributed by atoms with E-state index in [0.717, 1.165) is 30.0 Å². The lowest BCUT2D eigenvalue weighted by molar-refractivity contribution is 0.0693. The predicted molar refractivity (Wildman–Crippen MR) is 75.0 cm³/mol. The fraction of sp³-hybridized carbons (Fsp3) is 0.429. The summed E-state index contributed by atoms with van der Waals surface area (Å²) in [6.07, 6.45) is 5.75. The Morgan fingerprint density at radius 1 is 1.20 bits per heavy atom. The maximum absolute atomic E-state index is 5.87. The van der Waals surface area contributed by atoms with E-state index < -0.39 is 0 Å². The van der Waals surface area contributed by atoms with Crippen LogP contribution in [0.15, 0.2) is 18.5 Å². The molecule has 0 bridgehead atoms. The summed E-state index contributed by atoms with van der Waals surface area (Å²) in [6, 6.07) is 1.82. The van der Waals surface area contributed by atoms with Crippen LogP contribution in [0.2, 0.25) is 0 Å². The third kappa shape index (κ3) is 2.68. The van der Waals surface area contributed by atoms with Crippen LogP contribution in [0.25, 0.3) is 11.3 Å². The second-order valence-corrected chi connectivity index (χ2v) is 5.29. The predicted octanol–water partition coefficient (Wildman–Crippen LogP) is 2.00. The summed E-state index contributed by atoms with van der Waals surface area (Å²) >= 11 is 0. The van der Waals surface area contributed by atoms with Crippen molar-refractivity contribution in [3.63, 3.8) is 0 Å². The van der Waals surface area contributed by atoms with Crippen LogP contribution in [0, 0.1) is 12.8 Å². The van der Waals surface area contributed by atoms with Gasteiger partial charge in [0.05, 0.1) is 5.69 Å². The number of hydrogen-bond acceptors (Lipinski definition) is 6. The van der Waals surface area contributed by atoms with Gasteiger partial charge >= 0.3 is 0 Å². The standard InChI is InChI=1S/C14H17N5O/c1-8-3-11(4-8)20-13-5-12(18-9(2)19-13)10-6-16-14(15)17-7-10/h5-8,11H,3-4H2,1-2H3,(H2,15,16,17). The molecule has 104 valence electrons. The van der Waals surface area contributed by atoms with Crippen LogP contribution in [0.4, 0.5) is 5.95 Å². The molecule has 0 atom stereocenters.